The fourth-order valence-electron chi connectivity index (χ4n) is 2.17. The van der Waals surface area contributed by atoms with Crippen molar-refractivity contribution in [1.29, 1.82) is 0 Å². The maximum Gasteiger partial charge on any atom is 0.120 e. The Morgan fingerprint density at radius 2 is 1.90 bits per heavy atom. The van der Waals surface area contributed by atoms with Gasteiger partial charge < -0.3 is 10.1 Å². The first-order valence-corrected chi connectivity index (χ1v) is 7.25. The van der Waals surface area contributed by atoms with Crippen LogP contribution in [-0.2, 0) is 6.61 Å². The lowest BCUT2D eigenvalue weighted by Gasteiger charge is -2.15. The van der Waals surface area contributed by atoms with Gasteiger partial charge in [-0.1, -0.05) is 42.8 Å². The van der Waals surface area contributed by atoms with Gasteiger partial charge in [0.15, 0.2) is 0 Å². The SMILES string of the molecule is CCC(NC)c1cccc(OCc2ccc(Cl)cc2)c1. The first-order chi connectivity index (χ1) is 9.72. The molecule has 0 heterocycles. The lowest BCUT2D eigenvalue weighted by atomic mass is 10.0. The minimum Gasteiger partial charge on any atom is -0.489 e. The standard InChI is InChI=1S/C17H20ClNO/c1-3-17(19-2)14-5-4-6-16(11-14)20-12-13-7-9-15(18)10-8-13/h4-11,17,19H,3,12H2,1-2H3. The molecule has 0 aliphatic heterocycles. The normalized spacial score (nSPS) is 12.2. The van der Waals surface area contributed by atoms with Gasteiger partial charge in [-0.15, -0.1) is 0 Å². The molecule has 1 atom stereocenters. The van der Waals surface area contributed by atoms with Crippen molar-refractivity contribution in [2.24, 2.45) is 0 Å². The van der Waals surface area contributed by atoms with Crippen LogP contribution in [0, 0.1) is 0 Å². The second-order valence-electron chi connectivity index (χ2n) is 4.74. The predicted molar refractivity (Wildman–Crippen MR) is 84.3 cm³/mol. The molecule has 0 spiro atoms. The Kier molecular flexibility index (Phi) is 5.45. The highest BCUT2D eigenvalue weighted by atomic mass is 35.5. The smallest absolute Gasteiger partial charge is 0.120 e. The molecule has 0 bridgehead atoms. The van der Waals surface area contributed by atoms with Crippen molar-refractivity contribution in [1.82, 2.24) is 5.32 Å². The molecule has 2 nitrogen and oxygen atoms in total. The highest BCUT2D eigenvalue weighted by Crippen LogP contribution is 2.22. The second kappa shape index (κ2) is 7.32. The van der Waals surface area contributed by atoms with Crippen LogP contribution in [0.3, 0.4) is 0 Å². The van der Waals surface area contributed by atoms with Crippen LogP contribution >= 0.6 is 11.6 Å². The zero-order chi connectivity index (χ0) is 14.4. The summed E-state index contributed by atoms with van der Waals surface area (Å²) in [6.07, 6.45) is 1.05. The van der Waals surface area contributed by atoms with Gasteiger partial charge in [0.2, 0.25) is 0 Å². The van der Waals surface area contributed by atoms with E-state index in [0.29, 0.717) is 12.6 Å². The highest BCUT2D eigenvalue weighted by molar-refractivity contribution is 6.30. The Morgan fingerprint density at radius 3 is 2.55 bits per heavy atom. The van der Waals surface area contributed by atoms with E-state index in [2.05, 4.69) is 24.4 Å². The average molecular weight is 290 g/mol. The summed E-state index contributed by atoms with van der Waals surface area (Å²) in [6.45, 7) is 2.72. The summed E-state index contributed by atoms with van der Waals surface area (Å²) in [5.41, 5.74) is 2.36. The molecule has 0 aliphatic carbocycles. The molecule has 0 saturated heterocycles. The molecule has 0 aliphatic rings. The molecule has 2 aromatic carbocycles. The quantitative estimate of drug-likeness (QED) is 0.840. The molecule has 0 radical (unpaired) electrons. The average Bonchev–Trinajstić information content (AvgIpc) is 2.48. The van der Waals surface area contributed by atoms with E-state index in [9.17, 15) is 0 Å². The molecule has 1 unspecified atom stereocenters. The third-order valence-electron chi connectivity index (χ3n) is 3.34. The van der Waals surface area contributed by atoms with E-state index >= 15 is 0 Å². The minimum absolute atomic E-state index is 0.370. The van der Waals surface area contributed by atoms with Gasteiger partial charge in [0.05, 0.1) is 0 Å². The molecule has 3 heteroatoms. The van der Waals surface area contributed by atoms with Crippen LogP contribution in [0.2, 0.25) is 5.02 Å². The molecule has 0 saturated carbocycles. The van der Waals surface area contributed by atoms with Crippen molar-refractivity contribution >= 4 is 11.6 Å². The summed E-state index contributed by atoms with van der Waals surface area (Å²) in [5, 5.41) is 4.05. The van der Waals surface area contributed by atoms with E-state index in [-0.39, 0.29) is 0 Å². The topological polar surface area (TPSA) is 21.3 Å². The molecule has 0 fully saturated rings. The largest absolute Gasteiger partial charge is 0.489 e. The summed E-state index contributed by atoms with van der Waals surface area (Å²) in [6, 6.07) is 16.3. The predicted octanol–water partition coefficient (Wildman–Crippen LogP) is 4.59. The molecule has 106 valence electrons. The van der Waals surface area contributed by atoms with E-state index in [1.807, 2.05) is 43.4 Å². The Labute approximate surface area is 125 Å². The molecule has 20 heavy (non-hydrogen) atoms. The van der Waals surface area contributed by atoms with E-state index < -0.39 is 0 Å². The Hall–Kier alpha value is -1.51. The van der Waals surface area contributed by atoms with Crippen LogP contribution in [0.5, 0.6) is 5.75 Å². The minimum atomic E-state index is 0.370. The Morgan fingerprint density at radius 1 is 1.15 bits per heavy atom. The van der Waals surface area contributed by atoms with Crippen LogP contribution < -0.4 is 10.1 Å². The van der Waals surface area contributed by atoms with E-state index in [4.69, 9.17) is 16.3 Å². The third-order valence-corrected chi connectivity index (χ3v) is 3.59. The molecule has 2 rings (SSSR count). The van der Waals surface area contributed by atoms with Crippen LogP contribution in [0.1, 0.15) is 30.5 Å². The lowest BCUT2D eigenvalue weighted by molar-refractivity contribution is 0.305. The number of ether oxygens (including phenoxy) is 1. The molecular weight excluding hydrogens is 270 g/mol. The zero-order valence-corrected chi connectivity index (χ0v) is 12.7. The Balaban J connectivity index is 2.02. The van der Waals surface area contributed by atoms with E-state index in [1.54, 1.807) is 0 Å². The highest BCUT2D eigenvalue weighted by Gasteiger charge is 2.07. The number of rotatable bonds is 6. The summed E-state index contributed by atoms with van der Waals surface area (Å²) in [5.74, 6) is 0.895. The van der Waals surface area contributed by atoms with Gasteiger partial charge in [0.1, 0.15) is 12.4 Å². The van der Waals surface area contributed by atoms with Crippen LogP contribution in [0.4, 0.5) is 0 Å². The van der Waals surface area contributed by atoms with Crippen molar-refractivity contribution < 1.29 is 4.74 Å². The summed E-state index contributed by atoms with van der Waals surface area (Å²) in [4.78, 5) is 0. The van der Waals surface area contributed by atoms with Gasteiger partial charge in [-0.2, -0.15) is 0 Å². The Bertz CT molecular complexity index is 535. The van der Waals surface area contributed by atoms with Crippen LogP contribution in [0.15, 0.2) is 48.5 Å². The maximum atomic E-state index is 5.87. The maximum absolute atomic E-state index is 5.87. The van der Waals surface area contributed by atoms with Crippen molar-refractivity contribution in [3.8, 4) is 5.75 Å². The monoisotopic (exact) mass is 289 g/mol. The summed E-state index contributed by atoms with van der Waals surface area (Å²) in [7, 11) is 1.98. The van der Waals surface area contributed by atoms with Gasteiger partial charge in [0.25, 0.3) is 0 Å². The number of nitrogens with one attached hydrogen (secondary N) is 1. The van der Waals surface area contributed by atoms with Crippen molar-refractivity contribution in [2.45, 2.75) is 26.0 Å². The van der Waals surface area contributed by atoms with Crippen LogP contribution in [0.25, 0.3) is 0 Å². The molecule has 1 N–H and O–H groups in total. The van der Waals surface area contributed by atoms with Gasteiger partial charge in [-0.25, -0.2) is 0 Å². The summed E-state index contributed by atoms with van der Waals surface area (Å²) >= 11 is 5.87. The van der Waals surface area contributed by atoms with E-state index in [1.165, 1.54) is 5.56 Å². The second-order valence-corrected chi connectivity index (χ2v) is 5.17. The van der Waals surface area contributed by atoms with Gasteiger partial charge >= 0.3 is 0 Å². The van der Waals surface area contributed by atoms with Gasteiger partial charge in [0, 0.05) is 11.1 Å². The van der Waals surface area contributed by atoms with Crippen molar-refractivity contribution in [3.63, 3.8) is 0 Å². The number of hydrogen-bond acceptors (Lipinski definition) is 2. The van der Waals surface area contributed by atoms with Gasteiger partial charge in [-0.3, -0.25) is 0 Å². The molecule has 2 aromatic rings. The first kappa shape index (κ1) is 14.9. The number of benzene rings is 2. The molecular formula is C17H20ClNO. The third kappa shape index (κ3) is 3.99. The van der Waals surface area contributed by atoms with E-state index in [0.717, 1.165) is 22.8 Å². The lowest BCUT2D eigenvalue weighted by Crippen LogP contribution is -2.15. The van der Waals surface area contributed by atoms with Crippen molar-refractivity contribution in [3.05, 3.63) is 64.7 Å². The summed E-state index contributed by atoms with van der Waals surface area (Å²) < 4.78 is 5.84. The fourth-order valence-corrected chi connectivity index (χ4v) is 2.30. The van der Waals surface area contributed by atoms with Crippen LogP contribution in [-0.4, -0.2) is 7.05 Å². The molecule has 0 aromatic heterocycles. The molecule has 0 amide bonds. The zero-order valence-electron chi connectivity index (χ0n) is 11.9. The van der Waals surface area contributed by atoms with Crippen molar-refractivity contribution in [2.75, 3.05) is 7.05 Å². The first-order valence-electron chi connectivity index (χ1n) is 6.87. The number of halogens is 1. The fraction of sp³-hybridized carbons (Fsp3) is 0.294. The van der Waals surface area contributed by atoms with Gasteiger partial charge in [-0.05, 0) is 48.9 Å². The number of hydrogen-bond donors (Lipinski definition) is 1.